The third-order valence-corrected chi connectivity index (χ3v) is 5.64. The van der Waals surface area contributed by atoms with E-state index in [1.807, 2.05) is 0 Å². The topological polar surface area (TPSA) is 49.8 Å². The molecule has 0 saturated heterocycles. The van der Waals surface area contributed by atoms with E-state index < -0.39 is 0 Å². The number of thiophene rings is 1. The maximum Gasteiger partial charge on any atom is 0.226 e. The van der Waals surface area contributed by atoms with E-state index in [2.05, 4.69) is 47.4 Å². The van der Waals surface area contributed by atoms with E-state index in [0.29, 0.717) is 5.41 Å². The SMILES string of the molecule is CCNc1nc(NCC2(CC)CC2)c2cc(CC)sc2n1. The molecule has 1 saturated carbocycles. The zero-order chi connectivity index (χ0) is 14.9. The number of aryl methyl sites for hydroxylation is 1. The van der Waals surface area contributed by atoms with Crippen LogP contribution in [0.5, 0.6) is 0 Å². The molecule has 4 nitrogen and oxygen atoms in total. The van der Waals surface area contributed by atoms with Gasteiger partial charge in [0.05, 0.1) is 5.39 Å². The normalized spacial score (nSPS) is 16.1. The molecule has 0 aromatic carbocycles. The van der Waals surface area contributed by atoms with Crippen molar-refractivity contribution in [1.82, 2.24) is 9.97 Å². The average Bonchev–Trinajstić information content (AvgIpc) is 3.16. The minimum Gasteiger partial charge on any atom is -0.369 e. The molecule has 5 heteroatoms. The number of rotatable bonds is 7. The fraction of sp³-hybridized carbons (Fsp3) is 0.625. The van der Waals surface area contributed by atoms with Gasteiger partial charge in [-0.25, -0.2) is 4.98 Å². The third-order valence-electron chi connectivity index (χ3n) is 4.47. The largest absolute Gasteiger partial charge is 0.369 e. The van der Waals surface area contributed by atoms with Crippen molar-refractivity contribution in [2.75, 3.05) is 23.7 Å². The molecule has 2 N–H and O–H groups in total. The first kappa shape index (κ1) is 14.6. The van der Waals surface area contributed by atoms with Crippen molar-refractivity contribution >= 4 is 33.3 Å². The van der Waals surface area contributed by atoms with Gasteiger partial charge < -0.3 is 10.6 Å². The molecule has 2 heterocycles. The van der Waals surface area contributed by atoms with E-state index in [1.54, 1.807) is 11.3 Å². The Morgan fingerprint density at radius 3 is 2.62 bits per heavy atom. The van der Waals surface area contributed by atoms with E-state index in [1.165, 1.54) is 29.5 Å². The van der Waals surface area contributed by atoms with E-state index in [9.17, 15) is 0 Å². The quantitative estimate of drug-likeness (QED) is 0.801. The Balaban J connectivity index is 1.91. The van der Waals surface area contributed by atoms with E-state index in [0.717, 1.165) is 36.1 Å². The number of hydrogen-bond acceptors (Lipinski definition) is 5. The zero-order valence-corrected chi connectivity index (χ0v) is 13.9. The molecular formula is C16H24N4S. The van der Waals surface area contributed by atoms with Crippen LogP contribution in [-0.2, 0) is 6.42 Å². The first-order valence-corrected chi connectivity index (χ1v) is 8.79. The molecule has 0 atom stereocenters. The Hall–Kier alpha value is -1.36. The first-order chi connectivity index (χ1) is 10.2. The van der Waals surface area contributed by atoms with Gasteiger partial charge in [-0.1, -0.05) is 13.8 Å². The maximum absolute atomic E-state index is 4.68. The highest BCUT2D eigenvalue weighted by Crippen LogP contribution is 2.48. The molecule has 2 aromatic rings. The Kier molecular flexibility index (Phi) is 4.02. The van der Waals surface area contributed by atoms with Crippen molar-refractivity contribution in [2.45, 2.75) is 46.5 Å². The molecule has 1 fully saturated rings. The summed E-state index contributed by atoms with van der Waals surface area (Å²) in [6.45, 7) is 8.41. The minimum absolute atomic E-state index is 0.513. The Bertz CT molecular complexity index is 630. The molecule has 3 rings (SSSR count). The number of hydrogen-bond donors (Lipinski definition) is 2. The van der Waals surface area contributed by atoms with Gasteiger partial charge in [0, 0.05) is 18.0 Å². The lowest BCUT2D eigenvalue weighted by Gasteiger charge is -2.15. The maximum atomic E-state index is 4.68. The zero-order valence-electron chi connectivity index (χ0n) is 13.1. The molecule has 0 unspecified atom stereocenters. The van der Waals surface area contributed by atoms with Crippen molar-refractivity contribution in [1.29, 1.82) is 0 Å². The molecule has 0 aliphatic heterocycles. The van der Waals surface area contributed by atoms with Gasteiger partial charge in [0.25, 0.3) is 0 Å². The lowest BCUT2D eigenvalue weighted by molar-refractivity contribution is 0.521. The standard InChI is InChI=1S/C16H24N4S/c1-4-11-9-12-13(18-10-16(5-2)7-8-16)19-15(17-6-3)20-14(12)21-11/h9H,4-8,10H2,1-3H3,(H2,17,18,19,20). The highest BCUT2D eigenvalue weighted by molar-refractivity contribution is 7.18. The summed E-state index contributed by atoms with van der Waals surface area (Å²) in [5.41, 5.74) is 0.513. The summed E-state index contributed by atoms with van der Waals surface area (Å²) in [5.74, 6) is 1.73. The van der Waals surface area contributed by atoms with Crippen LogP contribution in [0.2, 0.25) is 0 Å². The van der Waals surface area contributed by atoms with Gasteiger partial charge in [0.2, 0.25) is 5.95 Å². The van der Waals surface area contributed by atoms with Crippen LogP contribution >= 0.6 is 11.3 Å². The van der Waals surface area contributed by atoms with Crippen LogP contribution in [0.4, 0.5) is 11.8 Å². The van der Waals surface area contributed by atoms with Crippen molar-refractivity contribution < 1.29 is 0 Å². The first-order valence-electron chi connectivity index (χ1n) is 7.98. The van der Waals surface area contributed by atoms with Crippen molar-refractivity contribution in [3.05, 3.63) is 10.9 Å². The van der Waals surface area contributed by atoms with Gasteiger partial charge in [0.1, 0.15) is 10.6 Å². The van der Waals surface area contributed by atoms with Gasteiger partial charge in [-0.05, 0) is 44.1 Å². The highest BCUT2D eigenvalue weighted by atomic mass is 32.1. The molecule has 1 aliphatic rings. The van der Waals surface area contributed by atoms with Crippen LogP contribution in [0.3, 0.4) is 0 Å². The van der Waals surface area contributed by atoms with Gasteiger partial charge in [-0.15, -0.1) is 11.3 Å². The second-order valence-corrected chi connectivity index (χ2v) is 7.03. The van der Waals surface area contributed by atoms with E-state index in [4.69, 9.17) is 0 Å². The molecule has 114 valence electrons. The number of anilines is 2. The smallest absolute Gasteiger partial charge is 0.226 e. The van der Waals surface area contributed by atoms with Crippen molar-refractivity contribution in [3.8, 4) is 0 Å². The van der Waals surface area contributed by atoms with Crippen LogP contribution in [0.25, 0.3) is 10.2 Å². The molecule has 0 radical (unpaired) electrons. The summed E-state index contributed by atoms with van der Waals surface area (Å²) >= 11 is 1.78. The van der Waals surface area contributed by atoms with Crippen molar-refractivity contribution in [2.24, 2.45) is 5.41 Å². The minimum atomic E-state index is 0.513. The van der Waals surface area contributed by atoms with Gasteiger partial charge in [-0.2, -0.15) is 4.98 Å². The molecular weight excluding hydrogens is 280 g/mol. The lowest BCUT2D eigenvalue weighted by atomic mass is 10.0. The molecule has 21 heavy (non-hydrogen) atoms. The lowest BCUT2D eigenvalue weighted by Crippen LogP contribution is -2.16. The average molecular weight is 304 g/mol. The Morgan fingerprint density at radius 1 is 1.19 bits per heavy atom. The summed E-state index contributed by atoms with van der Waals surface area (Å²) in [5, 5.41) is 8.00. The molecule has 0 amide bonds. The van der Waals surface area contributed by atoms with E-state index >= 15 is 0 Å². The fourth-order valence-corrected chi connectivity index (χ4v) is 3.59. The molecule has 0 spiro atoms. The summed E-state index contributed by atoms with van der Waals surface area (Å²) in [4.78, 5) is 11.8. The monoisotopic (exact) mass is 304 g/mol. The van der Waals surface area contributed by atoms with E-state index in [-0.39, 0.29) is 0 Å². The predicted molar refractivity (Wildman–Crippen MR) is 91.4 cm³/mol. The van der Waals surface area contributed by atoms with Gasteiger partial charge >= 0.3 is 0 Å². The summed E-state index contributed by atoms with van der Waals surface area (Å²) in [6, 6.07) is 2.24. The van der Waals surface area contributed by atoms with Crippen LogP contribution < -0.4 is 10.6 Å². The summed E-state index contributed by atoms with van der Waals surface area (Å²) in [6.07, 6.45) is 4.98. The number of nitrogens with zero attached hydrogens (tertiary/aromatic N) is 2. The molecule has 2 aromatic heterocycles. The Morgan fingerprint density at radius 2 is 2.00 bits per heavy atom. The fourth-order valence-electron chi connectivity index (χ4n) is 2.62. The van der Waals surface area contributed by atoms with Crippen LogP contribution in [-0.4, -0.2) is 23.1 Å². The number of aromatic nitrogens is 2. The Labute approximate surface area is 130 Å². The molecule has 0 bridgehead atoms. The van der Waals surface area contributed by atoms with Crippen LogP contribution in [0, 0.1) is 5.41 Å². The number of fused-ring (bicyclic) bond motifs is 1. The second kappa shape index (κ2) is 5.79. The second-order valence-electron chi connectivity index (χ2n) is 5.92. The third kappa shape index (κ3) is 2.98. The van der Waals surface area contributed by atoms with Gasteiger partial charge in [-0.3, -0.25) is 0 Å². The summed E-state index contributed by atoms with van der Waals surface area (Å²) in [7, 11) is 0. The van der Waals surface area contributed by atoms with Crippen molar-refractivity contribution in [3.63, 3.8) is 0 Å². The number of nitrogens with one attached hydrogen (secondary N) is 2. The van der Waals surface area contributed by atoms with Crippen LogP contribution in [0.1, 0.15) is 44.9 Å². The molecule has 1 aliphatic carbocycles. The summed E-state index contributed by atoms with van der Waals surface area (Å²) < 4.78 is 0. The van der Waals surface area contributed by atoms with Crippen LogP contribution in [0.15, 0.2) is 6.07 Å². The highest BCUT2D eigenvalue weighted by Gasteiger charge is 2.40. The predicted octanol–water partition coefficient (Wildman–Crippen LogP) is 4.29. The van der Waals surface area contributed by atoms with Gasteiger partial charge in [0.15, 0.2) is 0 Å².